The second-order valence-electron chi connectivity index (χ2n) is 8.24. The van der Waals surface area contributed by atoms with Crippen LogP contribution in [0.5, 0.6) is 0 Å². The van der Waals surface area contributed by atoms with Gasteiger partial charge < -0.3 is 14.7 Å². The van der Waals surface area contributed by atoms with Crippen molar-refractivity contribution in [3.8, 4) is 0 Å². The van der Waals surface area contributed by atoms with Gasteiger partial charge in [-0.05, 0) is 55.5 Å². The number of aromatic nitrogens is 1. The summed E-state index contributed by atoms with van der Waals surface area (Å²) in [6, 6.07) is 0.682. The van der Waals surface area contributed by atoms with Crippen molar-refractivity contribution in [2.75, 3.05) is 21.1 Å². The minimum atomic E-state index is -0.718. The van der Waals surface area contributed by atoms with Gasteiger partial charge in [0.1, 0.15) is 12.1 Å². The lowest BCUT2D eigenvalue weighted by Crippen LogP contribution is -2.49. The van der Waals surface area contributed by atoms with Crippen molar-refractivity contribution in [3.05, 3.63) is 62.0 Å². The molecule has 2 rings (SSSR count). The van der Waals surface area contributed by atoms with Crippen molar-refractivity contribution in [1.29, 1.82) is 0 Å². The molecule has 2 unspecified atom stereocenters. The quantitative estimate of drug-likeness (QED) is 0.193. The predicted molar refractivity (Wildman–Crippen MR) is 134 cm³/mol. The van der Waals surface area contributed by atoms with Gasteiger partial charge in [-0.1, -0.05) is 35.0 Å². The van der Waals surface area contributed by atoms with Crippen molar-refractivity contribution in [1.82, 2.24) is 14.8 Å². The first-order chi connectivity index (χ1) is 16.0. The summed E-state index contributed by atoms with van der Waals surface area (Å²) < 4.78 is 14.8. The molecule has 0 radical (unpaired) electrons. The van der Waals surface area contributed by atoms with Crippen molar-refractivity contribution in [2.24, 2.45) is 0 Å². The highest BCUT2D eigenvalue weighted by Gasteiger charge is 2.31. The number of hydrogen-bond acceptors (Lipinski definition) is 5. The third-order valence-electron chi connectivity index (χ3n) is 5.78. The minimum Gasteiger partial charge on any atom is -0.361 e. The van der Waals surface area contributed by atoms with Crippen LogP contribution in [0, 0.1) is 15.9 Å². The van der Waals surface area contributed by atoms with Crippen LogP contribution in [0.1, 0.15) is 32.3 Å². The normalized spacial score (nSPS) is 14.4. The Kier molecular flexibility index (Phi) is 9.69. The summed E-state index contributed by atoms with van der Waals surface area (Å²) in [5.41, 5.74) is 1.38. The lowest BCUT2D eigenvalue weighted by atomic mass is 10.00. The topological polar surface area (TPSA) is 99.5 Å². The van der Waals surface area contributed by atoms with Crippen molar-refractivity contribution < 1.29 is 18.9 Å². The second-order valence-corrected chi connectivity index (χ2v) is 9.20. The number of aldehydes is 1. The maximum atomic E-state index is 13.8. The molecule has 2 atom stereocenters. The highest BCUT2D eigenvalue weighted by molar-refractivity contribution is 9.11. The Morgan fingerprint density at radius 3 is 2.53 bits per heavy atom. The predicted octanol–water partition coefficient (Wildman–Crippen LogP) is 4.74. The molecule has 1 aromatic heterocycles. The van der Waals surface area contributed by atoms with E-state index in [1.165, 1.54) is 11.0 Å². The number of amides is 1. The standard InChI is InChI=1S/C24H30BrFN4O4/c1-6-8-15(19(25)7-2)9-18(14-31)29(5)24(32)22(28(3)4)10-16-13-27-20-11-17(26)12-21(23(16)20)30(33)34/h6,8,11-14,18,22,27H,7,9-10H2,1-5H3/b8-6-,19-15-. The molecule has 0 spiro atoms. The molecule has 1 amide bonds. The zero-order valence-corrected chi connectivity index (χ0v) is 21.6. The fourth-order valence-corrected chi connectivity index (χ4v) is 4.18. The van der Waals surface area contributed by atoms with E-state index in [9.17, 15) is 24.1 Å². The molecule has 0 bridgehead atoms. The van der Waals surface area contributed by atoms with Gasteiger partial charge >= 0.3 is 0 Å². The Bertz CT molecular complexity index is 1130. The van der Waals surface area contributed by atoms with Crippen LogP contribution in [-0.4, -0.2) is 65.1 Å². The molecule has 0 aliphatic heterocycles. The first kappa shape index (κ1) is 27.4. The number of hydrogen-bond donors (Lipinski definition) is 1. The summed E-state index contributed by atoms with van der Waals surface area (Å²) in [5, 5.41) is 11.8. The number of nitro groups is 1. The SMILES string of the molecule is C/C=C\C(CC(C=O)N(C)C(=O)C(Cc1c[nH]c2cc(F)cc([N+](=O)[O-])c12)N(C)C)=C(\Br)CC. The Labute approximate surface area is 206 Å². The van der Waals surface area contributed by atoms with E-state index in [1.807, 2.05) is 26.0 Å². The lowest BCUT2D eigenvalue weighted by Gasteiger charge is -2.31. The van der Waals surface area contributed by atoms with Crippen LogP contribution in [0.3, 0.4) is 0 Å². The van der Waals surface area contributed by atoms with E-state index in [1.54, 1.807) is 32.2 Å². The van der Waals surface area contributed by atoms with E-state index < -0.39 is 22.8 Å². The van der Waals surface area contributed by atoms with Gasteiger partial charge in [0.15, 0.2) is 0 Å². The molecule has 0 saturated carbocycles. The number of allylic oxidation sites excluding steroid dienone is 3. The maximum Gasteiger partial charge on any atom is 0.281 e. The number of fused-ring (bicyclic) bond motifs is 1. The summed E-state index contributed by atoms with van der Waals surface area (Å²) >= 11 is 3.54. The molecule has 0 saturated heterocycles. The number of likely N-dealkylation sites (N-methyl/N-ethyl adjacent to an activating group) is 2. The van der Waals surface area contributed by atoms with Crippen LogP contribution < -0.4 is 0 Å². The highest BCUT2D eigenvalue weighted by Crippen LogP contribution is 2.31. The van der Waals surface area contributed by atoms with Gasteiger partial charge in [-0.25, -0.2) is 4.39 Å². The number of H-pyrrole nitrogens is 1. The number of nitrogens with one attached hydrogen (secondary N) is 1. The Balaban J connectivity index is 2.39. The van der Waals surface area contributed by atoms with Crippen LogP contribution in [-0.2, 0) is 16.0 Å². The molecule has 34 heavy (non-hydrogen) atoms. The van der Waals surface area contributed by atoms with Crippen LogP contribution in [0.15, 0.2) is 40.5 Å². The third-order valence-corrected chi connectivity index (χ3v) is 6.85. The maximum absolute atomic E-state index is 13.8. The summed E-state index contributed by atoms with van der Waals surface area (Å²) in [7, 11) is 5.04. The molecule has 1 N–H and O–H groups in total. The largest absolute Gasteiger partial charge is 0.361 e. The molecule has 2 aromatic rings. The second kappa shape index (κ2) is 12.0. The number of halogens is 2. The van der Waals surface area contributed by atoms with E-state index in [4.69, 9.17) is 0 Å². The molecule has 1 heterocycles. The molecule has 1 aromatic carbocycles. The summed E-state index contributed by atoms with van der Waals surface area (Å²) in [6.45, 7) is 3.88. The monoisotopic (exact) mass is 536 g/mol. The van der Waals surface area contributed by atoms with Gasteiger partial charge in [0, 0.05) is 19.7 Å². The zero-order valence-electron chi connectivity index (χ0n) is 20.0. The van der Waals surface area contributed by atoms with Crippen LogP contribution in [0.2, 0.25) is 0 Å². The average molecular weight is 537 g/mol. The summed E-state index contributed by atoms with van der Waals surface area (Å²) in [4.78, 5) is 42.3. The number of carbonyl (C=O) groups excluding carboxylic acids is 2. The molecule has 8 nitrogen and oxygen atoms in total. The molecule has 0 fully saturated rings. The first-order valence-corrected chi connectivity index (χ1v) is 11.7. The number of carbonyl (C=O) groups is 2. The molecule has 0 aliphatic rings. The minimum absolute atomic E-state index is 0.143. The number of non-ortho nitro benzene ring substituents is 1. The van der Waals surface area contributed by atoms with Crippen LogP contribution in [0.25, 0.3) is 10.9 Å². The molecular weight excluding hydrogens is 507 g/mol. The molecular formula is C24H30BrFN4O4. The van der Waals surface area contributed by atoms with E-state index in [0.29, 0.717) is 12.0 Å². The molecule has 0 aliphatic carbocycles. The molecule has 184 valence electrons. The number of nitrogens with zero attached hydrogens (tertiary/aromatic N) is 3. The highest BCUT2D eigenvalue weighted by atomic mass is 79.9. The van der Waals surface area contributed by atoms with Gasteiger partial charge in [0.25, 0.3) is 5.69 Å². The fourth-order valence-electron chi connectivity index (χ4n) is 3.88. The first-order valence-electron chi connectivity index (χ1n) is 10.9. The van der Waals surface area contributed by atoms with E-state index in [0.717, 1.165) is 28.8 Å². The Hall–Kier alpha value is -2.85. The molecule has 10 heteroatoms. The van der Waals surface area contributed by atoms with Crippen LogP contribution >= 0.6 is 15.9 Å². The lowest BCUT2D eigenvalue weighted by molar-refractivity contribution is -0.383. The van der Waals surface area contributed by atoms with Crippen LogP contribution in [0.4, 0.5) is 10.1 Å². The van der Waals surface area contributed by atoms with E-state index in [2.05, 4.69) is 20.9 Å². The summed E-state index contributed by atoms with van der Waals surface area (Å²) in [6.07, 6.45) is 7.35. The number of benzene rings is 1. The fraction of sp³-hybridized carbons (Fsp3) is 0.417. The van der Waals surface area contributed by atoms with Crippen molar-refractivity contribution in [2.45, 2.75) is 45.2 Å². The smallest absolute Gasteiger partial charge is 0.281 e. The van der Waals surface area contributed by atoms with Gasteiger partial charge in [-0.2, -0.15) is 0 Å². The number of aromatic amines is 1. The number of nitro benzene ring substituents is 1. The van der Waals surface area contributed by atoms with Gasteiger partial charge in [-0.15, -0.1) is 0 Å². The Morgan fingerprint density at radius 2 is 2.00 bits per heavy atom. The number of rotatable bonds is 11. The van der Waals surface area contributed by atoms with Crippen molar-refractivity contribution >= 4 is 44.7 Å². The zero-order chi connectivity index (χ0) is 25.6. The Morgan fingerprint density at radius 1 is 1.32 bits per heavy atom. The van der Waals surface area contributed by atoms with Crippen molar-refractivity contribution in [3.63, 3.8) is 0 Å². The average Bonchev–Trinajstić information content (AvgIpc) is 3.20. The van der Waals surface area contributed by atoms with Gasteiger partial charge in [0.2, 0.25) is 5.91 Å². The van der Waals surface area contributed by atoms with E-state index in [-0.39, 0.29) is 28.9 Å². The van der Waals surface area contributed by atoms with Gasteiger partial charge in [0.05, 0.1) is 34.0 Å². The summed E-state index contributed by atoms with van der Waals surface area (Å²) in [5.74, 6) is -1.02. The van der Waals surface area contributed by atoms with E-state index >= 15 is 0 Å². The third kappa shape index (κ3) is 6.18. The van der Waals surface area contributed by atoms with Gasteiger partial charge in [-0.3, -0.25) is 19.8 Å².